The highest BCUT2D eigenvalue weighted by Gasteiger charge is 2.38. The van der Waals surface area contributed by atoms with E-state index in [0.29, 0.717) is 12.2 Å². The molecule has 0 aromatic carbocycles. The summed E-state index contributed by atoms with van der Waals surface area (Å²) < 4.78 is 0. The van der Waals surface area contributed by atoms with Gasteiger partial charge in [0.2, 0.25) is 0 Å². The molecule has 1 aliphatic rings. The SMILES string of the molecule is CC1(C)CCN(C(=O)Cl)C1=C=O. The number of nitrogens with zero attached hydrogens (tertiary/aromatic N) is 1. The summed E-state index contributed by atoms with van der Waals surface area (Å²) in [6.45, 7) is 4.31. The molecule has 0 spiro atoms. The molecule has 12 heavy (non-hydrogen) atoms. The molecule has 1 heterocycles. The van der Waals surface area contributed by atoms with Crippen LogP contribution in [0.15, 0.2) is 5.70 Å². The van der Waals surface area contributed by atoms with Crippen molar-refractivity contribution in [3.63, 3.8) is 0 Å². The molecule has 1 saturated heterocycles. The van der Waals surface area contributed by atoms with Crippen LogP contribution < -0.4 is 0 Å². The van der Waals surface area contributed by atoms with E-state index >= 15 is 0 Å². The van der Waals surface area contributed by atoms with Crippen molar-refractivity contribution in [1.29, 1.82) is 0 Å². The quantitative estimate of drug-likeness (QED) is 0.330. The van der Waals surface area contributed by atoms with Crippen molar-refractivity contribution in [3.05, 3.63) is 5.70 Å². The number of carbonyl (C=O) groups excluding carboxylic acids is 2. The number of hydrogen-bond donors (Lipinski definition) is 0. The maximum absolute atomic E-state index is 10.8. The van der Waals surface area contributed by atoms with Crippen LogP contribution in [0.1, 0.15) is 20.3 Å². The van der Waals surface area contributed by atoms with E-state index in [2.05, 4.69) is 0 Å². The Morgan fingerprint density at radius 3 is 2.58 bits per heavy atom. The zero-order valence-corrected chi connectivity index (χ0v) is 7.81. The van der Waals surface area contributed by atoms with Gasteiger partial charge in [0.15, 0.2) is 0 Å². The minimum atomic E-state index is -0.598. The Balaban J connectivity index is 3.00. The minimum Gasteiger partial charge on any atom is -0.292 e. The predicted molar refractivity (Wildman–Crippen MR) is 45.6 cm³/mol. The summed E-state index contributed by atoms with van der Waals surface area (Å²) in [6.07, 6.45) is 0.760. The first kappa shape index (κ1) is 9.30. The van der Waals surface area contributed by atoms with Gasteiger partial charge in [0.1, 0.15) is 11.6 Å². The summed E-state index contributed by atoms with van der Waals surface area (Å²) >= 11 is 5.27. The maximum atomic E-state index is 10.8. The van der Waals surface area contributed by atoms with E-state index < -0.39 is 5.37 Å². The summed E-state index contributed by atoms with van der Waals surface area (Å²) in [6, 6.07) is 0. The fraction of sp³-hybridized carbons (Fsp3) is 0.625. The second kappa shape index (κ2) is 2.92. The Labute approximate surface area is 76.0 Å². The molecule has 0 radical (unpaired) electrons. The van der Waals surface area contributed by atoms with E-state index in [0.717, 1.165) is 6.42 Å². The molecule has 1 amide bonds. The molecule has 0 bridgehead atoms. The zero-order valence-electron chi connectivity index (χ0n) is 7.06. The molecule has 0 aromatic rings. The van der Waals surface area contributed by atoms with Crippen LogP contribution in [0, 0.1) is 5.41 Å². The Morgan fingerprint density at radius 2 is 2.25 bits per heavy atom. The Morgan fingerprint density at radius 1 is 1.67 bits per heavy atom. The van der Waals surface area contributed by atoms with Crippen LogP contribution in [0.2, 0.25) is 0 Å². The van der Waals surface area contributed by atoms with E-state index in [1.807, 2.05) is 13.8 Å². The molecule has 4 heteroatoms. The van der Waals surface area contributed by atoms with E-state index in [-0.39, 0.29) is 5.41 Å². The Hall–Kier alpha value is -0.790. The van der Waals surface area contributed by atoms with Crippen LogP contribution in [0.5, 0.6) is 0 Å². The van der Waals surface area contributed by atoms with Crippen molar-refractivity contribution in [1.82, 2.24) is 4.90 Å². The van der Waals surface area contributed by atoms with Crippen molar-refractivity contribution < 1.29 is 9.59 Å². The third-order valence-electron chi connectivity index (χ3n) is 2.18. The van der Waals surface area contributed by atoms with Crippen LogP contribution >= 0.6 is 11.6 Å². The number of carbonyl (C=O) groups is 1. The van der Waals surface area contributed by atoms with Crippen molar-refractivity contribution in [2.75, 3.05) is 6.54 Å². The highest BCUT2D eigenvalue weighted by Crippen LogP contribution is 2.38. The first-order valence-corrected chi connectivity index (χ1v) is 4.09. The summed E-state index contributed by atoms with van der Waals surface area (Å²) in [7, 11) is 0. The number of amides is 1. The van der Waals surface area contributed by atoms with Gasteiger partial charge < -0.3 is 0 Å². The summed E-state index contributed by atoms with van der Waals surface area (Å²) in [5.41, 5.74) is 0.0919. The highest BCUT2D eigenvalue weighted by molar-refractivity contribution is 6.63. The summed E-state index contributed by atoms with van der Waals surface area (Å²) in [5, 5.41) is -0.598. The fourth-order valence-corrected chi connectivity index (χ4v) is 1.52. The van der Waals surface area contributed by atoms with E-state index in [1.165, 1.54) is 4.90 Å². The minimum absolute atomic E-state index is 0.272. The van der Waals surface area contributed by atoms with Crippen molar-refractivity contribution >= 4 is 22.9 Å². The van der Waals surface area contributed by atoms with Crippen LogP contribution in [0.3, 0.4) is 0 Å². The first-order valence-electron chi connectivity index (χ1n) is 3.71. The third-order valence-corrected chi connectivity index (χ3v) is 2.38. The van der Waals surface area contributed by atoms with Gasteiger partial charge in [0, 0.05) is 12.0 Å². The monoisotopic (exact) mass is 187 g/mol. The largest absolute Gasteiger partial charge is 0.321 e. The molecule has 0 atom stereocenters. The first-order chi connectivity index (χ1) is 5.49. The summed E-state index contributed by atoms with van der Waals surface area (Å²) in [4.78, 5) is 22.6. The lowest BCUT2D eigenvalue weighted by Gasteiger charge is -2.18. The van der Waals surface area contributed by atoms with Gasteiger partial charge in [-0.15, -0.1) is 0 Å². The molecule has 0 saturated carbocycles. The molecule has 1 aliphatic heterocycles. The van der Waals surface area contributed by atoms with Crippen LogP contribution in [0.25, 0.3) is 0 Å². The molecular formula is C8H10ClNO2. The second-order valence-electron chi connectivity index (χ2n) is 3.49. The van der Waals surface area contributed by atoms with Crippen LogP contribution in [-0.2, 0) is 4.79 Å². The van der Waals surface area contributed by atoms with E-state index in [1.54, 1.807) is 5.94 Å². The molecule has 1 fully saturated rings. The highest BCUT2D eigenvalue weighted by atomic mass is 35.5. The molecule has 3 nitrogen and oxygen atoms in total. The molecule has 66 valence electrons. The van der Waals surface area contributed by atoms with Crippen LogP contribution in [0.4, 0.5) is 4.79 Å². The third kappa shape index (κ3) is 1.38. The smallest absolute Gasteiger partial charge is 0.292 e. The number of halogens is 1. The topological polar surface area (TPSA) is 37.4 Å². The van der Waals surface area contributed by atoms with E-state index in [4.69, 9.17) is 11.6 Å². The lowest BCUT2D eigenvalue weighted by atomic mass is 9.90. The molecule has 1 rings (SSSR count). The molecular weight excluding hydrogens is 178 g/mol. The van der Waals surface area contributed by atoms with Gasteiger partial charge >= 0.3 is 5.37 Å². The number of rotatable bonds is 0. The van der Waals surface area contributed by atoms with Crippen molar-refractivity contribution in [2.45, 2.75) is 20.3 Å². The average Bonchev–Trinajstić information content (AvgIpc) is 2.24. The number of likely N-dealkylation sites (tertiary alicyclic amines) is 1. The molecule has 0 unspecified atom stereocenters. The van der Waals surface area contributed by atoms with Gasteiger partial charge in [-0.3, -0.25) is 9.69 Å². The molecule has 0 aromatic heterocycles. The van der Waals surface area contributed by atoms with Gasteiger partial charge in [-0.2, -0.15) is 0 Å². The molecule has 0 N–H and O–H groups in total. The maximum Gasteiger partial charge on any atom is 0.321 e. The van der Waals surface area contributed by atoms with Gasteiger partial charge in [-0.1, -0.05) is 13.8 Å². The standard InChI is InChI=1S/C8H10ClNO2/c1-8(2)3-4-10(7(9)12)6(8)5-11/h3-4H2,1-2H3. The second-order valence-corrected chi connectivity index (χ2v) is 3.81. The zero-order chi connectivity index (χ0) is 9.35. The lowest BCUT2D eigenvalue weighted by Crippen LogP contribution is -2.23. The van der Waals surface area contributed by atoms with Gasteiger partial charge in [-0.05, 0) is 18.0 Å². The summed E-state index contributed by atoms with van der Waals surface area (Å²) in [5.74, 6) is 1.77. The van der Waals surface area contributed by atoms with Gasteiger partial charge in [0.25, 0.3) is 0 Å². The molecule has 0 aliphatic carbocycles. The lowest BCUT2D eigenvalue weighted by molar-refractivity contribution is 0.238. The predicted octanol–water partition coefficient (Wildman–Crippen LogP) is 1.79. The number of hydrogen-bond acceptors (Lipinski definition) is 2. The Bertz CT molecular complexity index is 266. The normalized spacial score (nSPS) is 20.9. The van der Waals surface area contributed by atoms with Gasteiger partial charge in [0.05, 0.1) is 0 Å². The van der Waals surface area contributed by atoms with Gasteiger partial charge in [-0.25, -0.2) is 4.79 Å². The van der Waals surface area contributed by atoms with Crippen molar-refractivity contribution in [3.8, 4) is 0 Å². The average molecular weight is 188 g/mol. The van der Waals surface area contributed by atoms with Crippen molar-refractivity contribution in [2.24, 2.45) is 5.41 Å². The fourth-order valence-electron chi connectivity index (χ4n) is 1.36. The number of allylic oxidation sites excluding steroid dienone is 1. The Kier molecular flexibility index (Phi) is 2.27. The van der Waals surface area contributed by atoms with Crippen LogP contribution in [-0.4, -0.2) is 22.8 Å². The van der Waals surface area contributed by atoms with E-state index in [9.17, 15) is 9.59 Å².